The maximum atomic E-state index is 2.36. The van der Waals surface area contributed by atoms with Gasteiger partial charge in [-0.15, -0.1) is 0 Å². The predicted octanol–water partition coefficient (Wildman–Crippen LogP) is 16.1. The molecule has 0 amide bonds. The summed E-state index contributed by atoms with van der Waals surface area (Å²) in [6.45, 7) is 0. The summed E-state index contributed by atoms with van der Waals surface area (Å²) in [6.07, 6.45) is 0. The molecule has 282 valence electrons. The van der Waals surface area contributed by atoms with Crippen molar-refractivity contribution in [1.82, 2.24) is 4.57 Å². The molecule has 0 saturated carbocycles. The van der Waals surface area contributed by atoms with Crippen molar-refractivity contribution in [2.24, 2.45) is 0 Å². The molecule has 0 spiro atoms. The summed E-state index contributed by atoms with van der Waals surface area (Å²) in [5.74, 6) is 0. The molecule has 0 N–H and O–H groups in total. The van der Waals surface area contributed by atoms with Crippen molar-refractivity contribution in [1.29, 1.82) is 0 Å². The third-order valence-corrected chi connectivity index (χ3v) is 11.8. The van der Waals surface area contributed by atoms with Gasteiger partial charge in [0.15, 0.2) is 0 Å². The number of nitrogens with zero attached hydrogens (tertiary/aromatic N) is 2. The summed E-state index contributed by atoms with van der Waals surface area (Å²) in [6, 6.07) is 87.7. The number of para-hydroxylation sites is 2. The van der Waals surface area contributed by atoms with Crippen LogP contribution in [0.3, 0.4) is 0 Å². The van der Waals surface area contributed by atoms with Crippen LogP contribution in [-0.2, 0) is 0 Å². The Hall–Kier alpha value is -7.94. The van der Waals surface area contributed by atoms with E-state index in [1.54, 1.807) is 0 Å². The Labute approximate surface area is 350 Å². The van der Waals surface area contributed by atoms with Gasteiger partial charge in [0, 0.05) is 33.5 Å². The first-order valence-corrected chi connectivity index (χ1v) is 20.6. The standard InChI is InChI=1S/C58H40N2/c1-3-12-41(13-4-1)43-26-33-50(34-27-43)59(52-37-30-47(31-38-52)54-20-11-15-46-14-7-8-18-53(46)54)51-35-28-44(29-36-51)42-22-24-45(25-23-42)48-32-39-58-56(40-48)55-19-9-10-21-57(55)60(58)49-16-5-2-6-17-49/h1-40H. The van der Waals surface area contributed by atoms with E-state index < -0.39 is 0 Å². The molecule has 0 fully saturated rings. The Balaban J connectivity index is 0.913. The number of hydrogen-bond donors (Lipinski definition) is 0. The SMILES string of the molecule is c1ccc(-c2ccc(N(c3ccc(-c4ccc(-c5ccc6c(c5)c5ccccc5n6-c5ccccc5)cc4)cc3)c3ccc(-c4cccc5ccccc45)cc3)cc2)cc1. The van der Waals surface area contributed by atoms with Crippen LogP contribution in [0.1, 0.15) is 0 Å². The molecule has 11 rings (SSSR count). The van der Waals surface area contributed by atoms with Crippen molar-refractivity contribution >= 4 is 49.6 Å². The lowest BCUT2D eigenvalue weighted by Crippen LogP contribution is -2.09. The van der Waals surface area contributed by atoms with Gasteiger partial charge in [-0.2, -0.15) is 0 Å². The van der Waals surface area contributed by atoms with Gasteiger partial charge in [0.1, 0.15) is 0 Å². The van der Waals surface area contributed by atoms with Crippen LogP contribution >= 0.6 is 0 Å². The second-order valence-corrected chi connectivity index (χ2v) is 15.4. The highest BCUT2D eigenvalue weighted by molar-refractivity contribution is 6.10. The van der Waals surface area contributed by atoms with Gasteiger partial charge in [-0.25, -0.2) is 0 Å². The maximum Gasteiger partial charge on any atom is 0.0541 e. The van der Waals surface area contributed by atoms with E-state index in [2.05, 4.69) is 252 Å². The number of hydrogen-bond acceptors (Lipinski definition) is 1. The molecule has 0 aliphatic carbocycles. The summed E-state index contributed by atoms with van der Waals surface area (Å²) in [4.78, 5) is 2.35. The van der Waals surface area contributed by atoms with Crippen molar-refractivity contribution in [3.05, 3.63) is 243 Å². The highest BCUT2D eigenvalue weighted by Gasteiger charge is 2.16. The molecule has 0 atom stereocenters. The van der Waals surface area contributed by atoms with Crippen LogP contribution in [0.4, 0.5) is 17.1 Å². The van der Waals surface area contributed by atoms with Crippen LogP contribution < -0.4 is 4.90 Å². The maximum absolute atomic E-state index is 2.36. The lowest BCUT2D eigenvalue weighted by atomic mass is 9.98. The molecule has 10 aromatic carbocycles. The van der Waals surface area contributed by atoms with Gasteiger partial charge < -0.3 is 9.47 Å². The monoisotopic (exact) mass is 764 g/mol. The summed E-state index contributed by atoms with van der Waals surface area (Å²) in [7, 11) is 0. The van der Waals surface area contributed by atoms with E-state index in [4.69, 9.17) is 0 Å². The zero-order chi connectivity index (χ0) is 39.8. The lowest BCUT2D eigenvalue weighted by Gasteiger charge is -2.26. The zero-order valence-corrected chi connectivity index (χ0v) is 33.0. The fourth-order valence-corrected chi connectivity index (χ4v) is 8.81. The van der Waals surface area contributed by atoms with Gasteiger partial charge in [-0.3, -0.25) is 0 Å². The molecule has 0 aliphatic heterocycles. The molecule has 0 saturated heterocycles. The second-order valence-electron chi connectivity index (χ2n) is 15.4. The average molecular weight is 765 g/mol. The van der Waals surface area contributed by atoms with Gasteiger partial charge in [0.05, 0.1) is 11.0 Å². The Kier molecular flexibility index (Phi) is 8.87. The fourth-order valence-electron chi connectivity index (χ4n) is 8.81. The third kappa shape index (κ3) is 6.41. The largest absolute Gasteiger partial charge is 0.311 e. The van der Waals surface area contributed by atoms with Crippen LogP contribution in [-0.4, -0.2) is 4.57 Å². The number of anilines is 3. The van der Waals surface area contributed by atoms with Crippen LogP contribution in [0.2, 0.25) is 0 Å². The van der Waals surface area contributed by atoms with Gasteiger partial charge in [-0.1, -0.05) is 176 Å². The number of benzene rings is 10. The minimum atomic E-state index is 1.10. The van der Waals surface area contributed by atoms with Crippen LogP contribution in [0.5, 0.6) is 0 Å². The quantitative estimate of drug-likeness (QED) is 0.150. The number of fused-ring (bicyclic) bond motifs is 4. The van der Waals surface area contributed by atoms with Crippen LogP contribution in [0.25, 0.3) is 82.8 Å². The van der Waals surface area contributed by atoms with Crippen molar-refractivity contribution < 1.29 is 0 Å². The van der Waals surface area contributed by atoms with Gasteiger partial charge in [0.2, 0.25) is 0 Å². The highest BCUT2D eigenvalue weighted by Crippen LogP contribution is 2.40. The van der Waals surface area contributed by atoms with E-state index in [-0.39, 0.29) is 0 Å². The Morgan fingerprint density at radius 2 is 0.700 bits per heavy atom. The van der Waals surface area contributed by atoms with E-state index in [1.807, 2.05) is 0 Å². The fraction of sp³-hybridized carbons (Fsp3) is 0. The first kappa shape index (κ1) is 35.2. The molecule has 60 heavy (non-hydrogen) atoms. The summed E-state index contributed by atoms with van der Waals surface area (Å²) < 4.78 is 2.36. The van der Waals surface area contributed by atoms with E-state index in [9.17, 15) is 0 Å². The van der Waals surface area contributed by atoms with Gasteiger partial charge in [0.25, 0.3) is 0 Å². The summed E-state index contributed by atoms with van der Waals surface area (Å²) >= 11 is 0. The van der Waals surface area contributed by atoms with Gasteiger partial charge in [-0.05, 0) is 122 Å². The topological polar surface area (TPSA) is 8.17 Å². The minimum absolute atomic E-state index is 1.10. The Morgan fingerprint density at radius 1 is 0.267 bits per heavy atom. The van der Waals surface area contributed by atoms with Crippen molar-refractivity contribution in [2.45, 2.75) is 0 Å². The van der Waals surface area contributed by atoms with Crippen LogP contribution in [0, 0.1) is 0 Å². The van der Waals surface area contributed by atoms with Gasteiger partial charge >= 0.3 is 0 Å². The molecule has 0 aliphatic rings. The second kappa shape index (κ2) is 15.1. The summed E-state index contributed by atoms with van der Waals surface area (Å²) in [5.41, 5.74) is 16.5. The van der Waals surface area contributed by atoms with Crippen LogP contribution in [0.15, 0.2) is 243 Å². The third-order valence-electron chi connectivity index (χ3n) is 11.8. The van der Waals surface area contributed by atoms with Crippen molar-refractivity contribution in [3.8, 4) is 50.2 Å². The molecule has 0 bridgehead atoms. The Bertz CT molecular complexity index is 3250. The minimum Gasteiger partial charge on any atom is -0.311 e. The normalized spacial score (nSPS) is 11.3. The van der Waals surface area contributed by atoms with Crippen molar-refractivity contribution in [2.75, 3.05) is 4.90 Å². The molecule has 1 heterocycles. The summed E-state index contributed by atoms with van der Waals surface area (Å²) in [5, 5.41) is 5.03. The first-order valence-electron chi connectivity index (χ1n) is 20.6. The highest BCUT2D eigenvalue weighted by atomic mass is 15.1. The van der Waals surface area contributed by atoms with E-state index in [0.29, 0.717) is 0 Å². The molecular formula is C58H40N2. The Morgan fingerprint density at radius 3 is 1.33 bits per heavy atom. The first-order chi connectivity index (χ1) is 29.7. The number of aromatic nitrogens is 1. The van der Waals surface area contributed by atoms with E-state index >= 15 is 0 Å². The molecule has 2 nitrogen and oxygen atoms in total. The van der Waals surface area contributed by atoms with E-state index in [0.717, 1.165) is 17.1 Å². The lowest BCUT2D eigenvalue weighted by molar-refractivity contribution is 1.18. The molecule has 2 heteroatoms. The molecular weight excluding hydrogens is 725 g/mol. The molecule has 0 radical (unpaired) electrons. The smallest absolute Gasteiger partial charge is 0.0541 e. The molecule has 0 unspecified atom stereocenters. The molecule has 11 aromatic rings. The number of rotatable bonds is 8. The molecule has 1 aromatic heterocycles. The van der Waals surface area contributed by atoms with E-state index in [1.165, 1.54) is 82.8 Å². The zero-order valence-electron chi connectivity index (χ0n) is 33.0. The predicted molar refractivity (Wildman–Crippen MR) is 255 cm³/mol. The van der Waals surface area contributed by atoms with Crippen molar-refractivity contribution in [3.63, 3.8) is 0 Å². The average Bonchev–Trinajstić information content (AvgIpc) is 3.66.